The van der Waals surface area contributed by atoms with E-state index in [2.05, 4.69) is 10.3 Å². The third-order valence-electron chi connectivity index (χ3n) is 5.92. The van der Waals surface area contributed by atoms with Crippen molar-refractivity contribution in [2.75, 3.05) is 5.32 Å². The maximum atomic E-state index is 13.0. The van der Waals surface area contributed by atoms with Crippen LogP contribution in [0.1, 0.15) is 21.5 Å². The van der Waals surface area contributed by atoms with Crippen molar-refractivity contribution in [2.24, 2.45) is 0 Å². The zero-order valence-electron chi connectivity index (χ0n) is 20.1. The van der Waals surface area contributed by atoms with E-state index in [4.69, 9.17) is 4.74 Å². The first kappa shape index (κ1) is 24.4. The Morgan fingerprint density at radius 2 is 1.68 bits per heavy atom. The van der Waals surface area contributed by atoms with Gasteiger partial charge in [-0.15, -0.1) is 0 Å². The van der Waals surface area contributed by atoms with Gasteiger partial charge in [0, 0.05) is 23.4 Å². The van der Waals surface area contributed by atoms with Crippen LogP contribution in [0.4, 0.5) is 11.4 Å². The molecule has 0 fully saturated rings. The van der Waals surface area contributed by atoms with Crippen molar-refractivity contribution < 1.29 is 14.5 Å². The number of hydrogen-bond donors (Lipinski definition) is 1. The molecule has 0 bridgehead atoms. The van der Waals surface area contributed by atoms with Gasteiger partial charge in [0.25, 0.3) is 17.2 Å². The second kappa shape index (κ2) is 10.8. The van der Waals surface area contributed by atoms with Crippen LogP contribution in [0.5, 0.6) is 5.75 Å². The van der Waals surface area contributed by atoms with Crippen LogP contribution in [0.2, 0.25) is 0 Å². The second-order valence-corrected chi connectivity index (χ2v) is 8.59. The van der Waals surface area contributed by atoms with Crippen LogP contribution < -0.4 is 15.6 Å². The van der Waals surface area contributed by atoms with Crippen molar-refractivity contribution in [3.8, 4) is 5.75 Å². The number of benzene rings is 4. The van der Waals surface area contributed by atoms with E-state index in [9.17, 15) is 19.7 Å². The first-order chi connectivity index (χ1) is 18.5. The molecule has 188 valence electrons. The molecule has 0 aliphatic carbocycles. The number of nitro benzene ring substituents is 1. The molecule has 1 amide bonds. The van der Waals surface area contributed by atoms with Crippen LogP contribution in [0.25, 0.3) is 10.9 Å². The summed E-state index contributed by atoms with van der Waals surface area (Å²) in [6.07, 6.45) is 1.37. The van der Waals surface area contributed by atoms with Gasteiger partial charge in [-0.05, 0) is 53.6 Å². The van der Waals surface area contributed by atoms with Gasteiger partial charge in [-0.2, -0.15) is 0 Å². The van der Waals surface area contributed by atoms with Crippen LogP contribution in [0.3, 0.4) is 0 Å². The molecule has 0 spiro atoms. The van der Waals surface area contributed by atoms with E-state index >= 15 is 0 Å². The average Bonchev–Trinajstić information content (AvgIpc) is 2.94. The maximum Gasteiger partial charge on any atom is 0.269 e. The highest BCUT2D eigenvalue weighted by molar-refractivity contribution is 6.06. The summed E-state index contributed by atoms with van der Waals surface area (Å²) in [6, 6.07) is 27.7. The largest absolute Gasteiger partial charge is 0.489 e. The second-order valence-electron chi connectivity index (χ2n) is 8.59. The number of rotatable bonds is 8. The van der Waals surface area contributed by atoms with E-state index in [1.54, 1.807) is 54.6 Å². The lowest BCUT2D eigenvalue weighted by Crippen LogP contribution is -2.21. The van der Waals surface area contributed by atoms with Gasteiger partial charge < -0.3 is 10.1 Å². The number of non-ortho nitro benzene ring substituents is 1. The van der Waals surface area contributed by atoms with E-state index in [0.717, 1.165) is 5.56 Å². The molecule has 0 aliphatic heterocycles. The predicted molar refractivity (Wildman–Crippen MR) is 143 cm³/mol. The molecular formula is C29H22N4O5. The Balaban J connectivity index is 1.27. The Hall–Kier alpha value is -5.31. The number of carbonyl (C=O) groups excluding carboxylic acids is 1. The number of aromatic nitrogens is 2. The van der Waals surface area contributed by atoms with E-state index < -0.39 is 4.92 Å². The molecule has 1 heterocycles. The molecular weight excluding hydrogens is 484 g/mol. The average molecular weight is 507 g/mol. The summed E-state index contributed by atoms with van der Waals surface area (Å²) < 4.78 is 7.15. The minimum atomic E-state index is -0.480. The lowest BCUT2D eigenvalue weighted by molar-refractivity contribution is -0.384. The molecule has 0 aliphatic rings. The Labute approximate surface area is 217 Å². The van der Waals surface area contributed by atoms with Crippen molar-refractivity contribution in [1.29, 1.82) is 0 Å². The van der Waals surface area contributed by atoms with Crippen molar-refractivity contribution in [2.45, 2.75) is 13.2 Å². The summed E-state index contributed by atoms with van der Waals surface area (Å²) in [5.74, 6) is 0.343. The molecule has 5 aromatic rings. The fourth-order valence-corrected chi connectivity index (χ4v) is 3.96. The van der Waals surface area contributed by atoms with Crippen LogP contribution in [-0.2, 0) is 13.2 Å². The van der Waals surface area contributed by atoms with Gasteiger partial charge >= 0.3 is 0 Å². The minimum Gasteiger partial charge on any atom is -0.489 e. The molecule has 38 heavy (non-hydrogen) atoms. The first-order valence-corrected chi connectivity index (χ1v) is 11.8. The quantitative estimate of drug-likeness (QED) is 0.229. The molecule has 5 rings (SSSR count). The number of nitro groups is 1. The highest BCUT2D eigenvalue weighted by Crippen LogP contribution is 2.19. The fourth-order valence-electron chi connectivity index (χ4n) is 3.96. The van der Waals surface area contributed by atoms with Gasteiger partial charge in [0.15, 0.2) is 0 Å². The third-order valence-corrected chi connectivity index (χ3v) is 5.92. The Kier molecular flexibility index (Phi) is 6.90. The lowest BCUT2D eigenvalue weighted by atomic mass is 10.1. The highest BCUT2D eigenvalue weighted by Gasteiger charge is 2.12. The minimum absolute atomic E-state index is 0.0469. The van der Waals surface area contributed by atoms with E-state index in [-0.39, 0.29) is 23.7 Å². The van der Waals surface area contributed by atoms with E-state index in [1.807, 2.05) is 30.3 Å². The number of fused-ring (bicyclic) bond motifs is 1. The van der Waals surface area contributed by atoms with Gasteiger partial charge in [-0.3, -0.25) is 24.3 Å². The smallest absolute Gasteiger partial charge is 0.269 e. The normalized spacial score (nSPS) is 10.7. The molecule has 4 aromatic carbocycles. The number of amides is 1. The summed E-state index contributed by atoms with van der Waals surface area (Å²) in [4.78, 5) is 40.7. The highest BCUT2D eigenvalue weighted by atomic mass is 16.6. The van der Waals surface area contributed by atoms with Crippen molar-refractivity contribution >= 4 is 28.2 Å². The zero-order chi connectivity index (χ0) is 26.5. The van der Waals surface area contributed by atoms with Gasteiger partial charge in [-0.1, -0.05) is 42.5 Å². The van der Waals surface area contributed by atoms with Crippen LogP contribution in [-0.4, -0.2) is 20.4 Å². The van der Waals surface area contributed by atoms with Gasteiger partial charge in [0.1, 0.15) is 12.4 Å². The van der Waals surface area contributed by atoms with Crippen molar-refractivity contribution in [3.05, 3.63) is 141 Å². The monoisotopic (exact) mass is 506 g/mol. The van der Waals surface area contributed by atoms with Gasteiger partial charge in [0.2, 0.25) is 0 Å². The predicted octanol–water partition coefficient (Wildman–Crippen LogP) is 5.18. The van der Waals surface area contributed by atoms with Gasteiger partial charge in [0.05, 0.1) is 28.7 Å². The molecule has 0 unspecified atom stereocenters. The SMILES string of the molecule is O=C(Nc1ccc(OCc2ccccc2)cc1)c1ccc2c(=O)n(Cc3cccc([N+](=O)[O-])c3)cnc2c1. The van der Waals surface area contributed by atoms with Crippen LogP contribution in [0, 0.1) is 10.1 Å². The summed E-state index contributed by atoms with van der Waals surface area (Å²) in [5.41, 5.74) is 2.64. The molecule has 0 atom stereocenters. The molecule has 0 saturated heterocycles. The van der Waals surface area contributed by atoms with Crippen molar-refractivity contribution in [1.82, 2.24) is 9.55 Å². The first-order valence-electron chi connectivity index (χ1n) is 11.8. The molecule has 9 heteroatoms. The molecule has 9 nitrogen and oxygen atoms in total. The van der Waals surface area contributed by atoms with E-state index in [0.29, 0.717) is 40.1 Å². The molecule has 0 radical (unpaired) electrons. The van der Waals surface area contributed by atoms with Gasteiger partial charge in [-0.25, -0.2) is 4.98 Å². The fraction of sp³-hybridized carbons (Fsp3) is 0.0690. The van der Waals surface area contributed by atoms with Crippen molar-refractivity contribution in [3.63, 3.8) is 0 Å². The summed E-state index contributed by atoms with van der Waals surface area (Å²) in [7, 11) is 0. The number of anilines is 1. The molecule has 1 aromatic heterocycles. The number of nitrogens with one attached hydrogen (secondary N) is 1. The third kappa shape index (κ3) is 5.57. The maximum absolute atomic E-state index is 13.0. The zero-order valence-corrected chi connectivity index (χ0v) is 20.1. The summed E-state index contributed by atoms with van der Waals surface area (Å²) >= 11 is 0. The molecule has 0 saturated carbocycles. The number of nitrogens with zero attached hydrogens (tertiary/aromatic N) is 3. The number of carbonyl (C=O) groups is 1. The standard InChI is InChI=1S/C29H22N4O5/c34-28(31-23-10-12-25(13-11-23)38-18-20-5-2-1-3-6-20)22-9-14-26-27(16-22)30-19-32(29(26)35)17-21-7-4-8-24(15-21)33(36)37/h1-16,19H,17-18H2,(H,31,34). The van der Waals surface area contributed by atoms with Crippen LogP contribution >= 0.6 is 0 Å². The Morgan fingerprint density at radius 1 is 0.921 bits per heavy atom. The Bertz CT molecular complexity index is 1680. The van der Waals surface area contributed by atoms with Crippen LogP contribution in [0.15, 0.2) is 108 Å². The molecule has 1 N–H and O–H groups in total. The lowest BCUT2D eigenvalue weighted by Gasteiger charge is -2.10. The van der Waals surface area contributed by atoms with E-state index in [1.165, 1.54) is 23.0 Å². The summed E-state index contributed by atoms with van der Waals surface area (Å²) in [5, 5.41) is 14.2. The number of hydrogen-bond acceptors (Lipinski definition) is 6. The Morgan fingerprint density at radius 3 is 2.45 bits per heavy atom. The number of ether oxygens (including phenoxy) is 1. The summed E-state index contributed by atoms with van der Waals surface area (Å²) in [6.45, 7) is 0.584. The topological polar surface area (TPSA) is 116 Å².